The second-order valence-corrected chi connectivity index (χ2v) is 4.13. The minimum atomic E-state index is -0.607. The lowest BCUT2D eigenvalue weighted by Crippen LogP contribution is -2.39. The molecule has 1 rings (SSSR count). The molecule has 100 valence electrons. The van der Waals surface area contributed by atoms with E-state index in [1.54, 1.807) is 27.0 Å². The summed E-state index contributed by atoms with van der Waals surface area (Å²) in [6, 6.07) is 1.64. The summed E-state index contributed by atoms with van der Waals surface area (Å²) in [6.07, 6.45) is -0.607. The fourth-order valence-electron chi connectivity index (χ4n) is 1.40. The van der Waals surface area contributed by atoms with Gasteiger partial charge in [-0.25, -0.2) is 0 Å². The number of aryl methyl sites for hydroxylation is 2. The molecule has 0 saturated carbocycles. The molecule has 2 amide bonds. The van der Waals surface area contributed by atoms with Gasteiger partial charge in [-0.05, 0) is 19.9 Å². The zero-order chi connectivity index (χ0) is 13.7. The molecule has 0 saturated heterocycles. The number of amides is 2. The van der Waals surface area contributed by atoms with Gasteiger partial charge in [-0.3, -0.25) is 14.3 Å². The third-order valence-corrected chi connectivity index (χ3v) is 2.24. The Morgan fingerprint density at radius 2 is 2.17 bits per heavy atom. The van der Waals surface area contributed by atoms with E-state index >= 15 is 0 Å². The highest BCUT2D eigenvalue weighted by atomic mass is 16.3. The van der Waals surface area contributed by atoms with Crippen molar-refractivity contribution in [2.45, 2.75) is 20.0 Å². The summed E-state index contributed by atoms with van der Waals surface area (Å²) in [7, 11) is 1.66. The Morgan fingerprint density at radius 3 is 2.67 bits per heavy atom. The van der Waals surface area contributed by atoms with Crippen molar-refractivity contribution in [1.82, 2.24) is 20.4 Å². The van der Waals surface area contributed by atoms with Gasteiger partial charge in [0.05, 0.1) is 18.3 Å². The maximum Gasteiger partial charge on any atom is 0.269 e. The molecule has 0 radical (unpaired) electrons. The summed E-state index contributed by atoms with van der Waals surface area (Å²) < 4.78 is 1.46. The molecule has 3 N–H and O–H groups in total. The van der Waals surface area contributed by atoms with Gasteiger partial charge in [-0.1, -0.05) is 0 Å². The number of hydrogen-bond donors (Lipinski definition) is 3. The van der Waals surface area contributed by atoms with Crippen LogP contribution in [0.4, 0.5) is 0 Å². The van der Waals surface area contributed by atoms with Crippen LogP contribution in [-0.4, -0.2) is 45.9 Å². The van der Waals surface area contributed by atoms with Crippen molar-refractivity contribution in [3.8, 4) is 0 Å². The molecule has 0 spiro atoms. The first-order chi connectivity index (χ1) is 8.40. The van der Waals surface area contributed by atoms with Gasteiger partial charge in [0.25, 0.3) is 5.91 Å². The minimum absolute atomic E-state index is 0.129. The van der Waals surface area contributed by atoms with Crippen molar-refractivity contribution in [2.75, 3.05) is 13.1 Å². The molecule has 0 bridgehead atoms. The van der Waals surface area contributed by atoms with Crippen LogP contribution in [0.5, 0.6) is 0 Å². The largest absolute Gasteiger partial charge is 0.392 e. The number of aliphatic hydroxyl groups is 1. The van der Waals surface area contributed by atoms with E-state index < -0.39 is 6.10 Å². The lowest BCUT2D eigenvalue weighted by molar-refractivity contribution is -0.120. The zero-order valence-electron chi connectivity index (χ0n) is 10.7. The molecule has 1 aromatic rings. The number of aromatic nitrogens is 2. The standard InChI is InChI=1S/C11H18N4O3/c1-7-4-9(15(3)14-7)11(18)13-6-10(17)12-5-8(2)16/h4,8,16H,5-6H2,1-3H3,(H,12,17)(H,13,18). The second kappa shape index (κ2) is 6.15. The molecular formula is C11H18N4O3. The Hall–Kier alpha value is -1.89. The first-order valence-corrected chi connectivity index (χ1v) is 5.63. The van der Waals surface area contributed by atoms with Gasteiger partial charge in [-0.2, -0.15) is 5.10 Å². The van der Waals surface area contributed by atoms with Crippen LogP contribution in [0.2, 0.25) is 0 Å². The summed E-state index contributed by atoms with van der Waals surface area (Å²) >= 11 is 0. The quantitative estimate of drug-likeness (QED) is 0.625. The monoisotopic (exact) mass is 254 g/mol. The minimum Gasteiger partial charge on any atom is -0.392 e. The smallest absolute Gasteiger partial charge is 0.269 e. The highest BCUT2D eigenvalue weighted by Gasteiger charge is 2.12. The van der Waals surface area contributed by atoms with Gasteiger partial charge < -0.3 is 15.7 Å². The van der Waals surface area contributed by atoms with E-state index in [1.165, 1.54) is 4.68 Å². The molecule has 1 atom stereocenters. The van der Waals surface area contributed by atoms with Crippen molar-refractivity contribution in [3.05, 3.63) is 17.5 Å². The summed E-state index contributed by atoms with van der Waals surface area (Å²) in [5.41, 5.74) is 1.14. The van der Waals surface area contributed by atoms with Crippen molar-refractivity contribution >= 4 is 11.8 Å². The average Bonchev–Trinajstić information content (AvgIpc) is 2.62. The summed E-state index contributed by atoms with van der Waals surface area (Å²) in [5.74, 6) is -0.701. The number of nitrogens with zero attached hydrogens (tertiary/aromatic N) is 2. The van der Waals surface area contributed by atoms with Crippen molar-refractivity contribution in [3.63, 3.8) is 0 Å². The topological polar surface area (TPSA) is 96.3 Å². The number of aliphatic hydroxyl groups excluding tert-OH is 1. The van der Waals surface area contributed by atoms with Crippen LogP contribution in [0, 0.1) is 6.92 Å². The van der Waals surface area contributed by atoms with Gasteiger partial charge in [0, 0.05) is 13.6 Å². The van der Waals surface area contributed by atoms with Crippen LogP contribution in [-0.2, 0) is 11.8 Å². The Bertz CT molecular complexity index is 439. The van der Waals surface area contributed by atoms with Crippen LogP contribution < -0.4 is 10.6 Å². The molecular weight excluding hydrogens is 236 g/mol. The summed E-state index contributed by atoms with van der Waals surface area (Å²) in [5, 5.41) is 18.0. The van der Waals surface area contributed by atoms with Gasteiger partial charge in [-0.15, -0.1) is 0 Å². The Labute approximate surface area is 105 Å². The summed E-state index contributed by atoms with van der Waals surface area (Å²) in [4.78, 5) is 23.0. The molecule has 0 fully saturated rings. The molecule has 0 aromatic carbocycles. The molecule has 1 heterocycles. The van der Waals surface area contributed by atoms with Crippen LogP contribution in [0.3, 0.4) is 0 Å². The van der Waals surface area contributed by atoms with E-state index in [1.807, 2.05) is 0 Å². The Balaban J connectivity index is 2.42. The maximum absolute atomic E-state index is 11.7. The fraction of sp³-hybridized carbons (Fsp3) is 0.545. The van der Waals surface area contributed by atoms with Gasteiger partial charge >= 0.3 is 0 Å². The number of carbonyl (C=O) groups is 2. The normalized spacial score (nSPS) is 12.0. The molecule has 1 unspecified atom stereocenters. The van der Waals surface area contributed by atoms with E-state index in [4.69, 9.17) is 5.11 Å². The van der Waals surface area contributed by atoms with Gasteiger partial charge in [0.1, 0.15) is 5.69 Å². The predicted octanol–water partition coefficient (Wildman–Crippen LogP) is -1.04. The molecule has 7 heteroatoms. The van der Waals surface area contributed by atoms with Gasteiger partial charge in [0.15, 0.2) is 0 Å². The van der Waals surface area contributed by atoms with E-state index in [0.29, 0.717) is 5.69 Å². The van der Waals surface area contributed by atoms with Gasteiger partial charge in [0.2, 0.25) is 5.91 Å². The summed E-state index contributed by atoms with van der Waals surface area (Å²) in [6.45, 7) is 3.39. The van der Waals surface area contributed by atoms with E-state index in [-0.39, 0.29) is 24.9 Å². The highest BCUT2D eigenvalue weighted by molar-refractivity contribution is 5.95. The SMILES string of the molecule is Cc1cc(C(=O)NCC(=O)NCC(C)O)n(C)n1. The first kappa shape index (κ1) is 14.2. The number of hydrogen-bond acceptors (Lipinski definition) is 4. The molecule has 0 aliphatic rings. The maximum atomic E-state index is 11.7. The number of rotatable bonds is 5. The van der Waals surface area contributed by atoms with Crippen LogP contribution in [0.25, 0.3) is 0 Å². The van der Waals surface area contributed by atoms with Crippen LogP contribution in [0.1, 0.15) is 23.1 Å². The van der Waals surface area contributed by atoms with Crippen molar-refractivity contribution in [1.29, 1.82) is 0 Å². The lowest BCUT2D eigenvalue weighted by Gasteiger charge is -2.08. The second-order valence-electron chi connectivity index (χ2n) is 4.13. The third-order valence-electron chi connectivity index (χ3n) is 2.24. The molecule has 1 aromatic heterocycles. The third kappa shape index (κ3) is 4.17. The van der Waals surface area contributed by atoms with Crippen LogP contribution >= 0.6 is 0 Å². The highest BCUT2D eigenvalue weighted by Crippen LogP contribution is 2.00. The molecule has 0 aliphatic heterocycles. The lowest BCUT2D eigenvalue weighted by atomic mass is 10.3. The first-order valence-electron chi connectivity index (χ1n) is 5.63. The van der Waals surface area contributed by atoms with E-state index in [0.717, 1.165) is 5.69 Å². The fourth-order valence-corrected chi connectivity index (χ4v) is 1.40. The molecule has 7 nitrogen and oxygen atoms in total. The van der Waals surface area contributed by atoms with E-state index in [9.17, 15) is 9.59 Å². The van der Waals surface area contributed by atoms with Crippen molar-refractivity contribution < 1.29 is 14.7 Å². The molecule has 0 aliphatic carbocycles. The number of nitrogens with one attached hydrogen (secondary N) is 2. The Morgan fingerprint density at radius 1 is 1.50 bits per heavy atom. The number of carbonyl (C=O) groups excluding carboxylic acids is 2. The van der Waals surface area contributed by atoms with Crippen molar-refractivity contribution in [2.24, 2.45) is 7.05 Å². The average molecular weight is 254 g/mol. The van der Waals surface area contributed by atoms with Crippen LogP contribution in [0.15, 0.2) is 6.07 Å². The van der Waals surface area contributed by atoms with E-state index in [2.05, 4.69) is 15.7 Å². The zero-order valence-corrected chi connectivity index (χ0v) is 10.7. The predicted molar refractivity (Wildman–Crippen MR) is 65.0 cm³/mol. The Kier molecular flexibility index (Phi) is 4.85. The molecule has 18 heavy (non-hydrogen) atoms.